The van der Waals surface area contributed by atoms with E-state index >= 15 is 0 Å². The van der Waals surface area contributed by atoms with E-state index in [1.54, 1.807) is 0 Å². The molecular formula is C10H14O7. The van der Waals surface area contributed by atoms with E-state index in [0.717, 1.165) is 12.2 Å². The van der Waals surface area contributed by atoms with Gasteiger partial charge in [0.25, 0.3) is 0 Å². The summed E-state index contributed by atoms with van der Waals surface area (Å²) in [7, 11) is 0. The first kappa shape index (κ1) is 15.3. The maximum Gasteiger partial charge on any atom is 0.365 e. The Bertz CT molecular complexity index is 235. The minimum absolute atomic E-state index is 0.0754. The second-order valence-electron chi connectivity index (χ2n) is 2.47. The largest absolute Gasteiger partial charge is 0.376 e. The Balaban J connectivity index is 3.13. The van der Waals surface area contributed by atoms with Gasteiger partial charge in [-0.2, -0.15) is 9.78 Å². The highest BCUT2D eigenvalue weighted by Gasteiger charge is 1.98. The smallest absolute Gasteiger partial charge is 0.365 e. The Morgan fingerprint density at radius 3 is 1.59 bits per heavy atom. The Hall–Kier alpha value is -1.70. The highest BCUT2D eigenvalue weighted by molar-refractivity contribution is 5.80. The summed E-state index contributed by atoms with van der Waals surface area (Å²) in [5.74, 6) is -1.35. The van der Waals surface area contributed by atoms with Crippen LogP contribution in [0.5, 0.6) is 0 Å². The first-order chi connectivity index (χ1) is 8.20. The third-order valence-electron chi connectivity index (χ3n) is 1.24. The van der Waals surface area contributed by atoms with Crippen molar-refractivity contribution in [2.45, 2.75) is 0 Å². The van der Waals surface area contributed by atoms with Crippen molar-refractivity contribution in [2.24, 2.45) is 0 Å². The van der Waals surface area contributed by atoms with Crippen molar-refractivity contribution >= 4 is 11.9 Å². The number of carbonyl (C=O) groups is 2. The minimum Gasteiger partial charge on any atom is -0.376 e. The number of rotatable bonds is 10. The number of carbonyl (C=O) groups excluding carboxylic acids is 2. The van der Waals surface area contributed by atoms with Gasteiger partial charge in [0, 0.05) is 12.2 Å². The van der Waals surface area contributed by atoms with Gasteiger partial charge in [0.15, 0.2) is 0 Å². The molecule has 0 rings (SSSR count). The summed E-state index contributed by atoms with van der Waals surface area (Å²) in [6.45, 7) is 6.91. The highest BCUT2D eigenvalue weighted by Crippen LogP contribution is 1.86. The van der Waals surface area contributed by atoms with E-state index in [0.29, 0.717) is 0 Å². The van der Waals surface area contributed by atoms with Crippen LogP contribution in [0.25, 0.3) is 0 Å². The first-order valence-corrected chi connectivity index (χ1v) is 4.70. The molecule has 0 atom stereocenters. The van der Waals surface area contributed by atoms with Crippen LogP contribution in [-0.2, 0) is 33.9 Å². The molecule has 0 bridgehead atoms. The lowest BCUT2D eigenvalue weighted by atomic mass is 10.7. The van der Waals surface area contributed by atoms with Gasteiger partial charge < -0.3 is 4.74 Å². The highest BCUT2D eigenvalue weighted by atomic mass is 17.2. The van der Waals surface area contributed by atoms with Crippen LogP contribution in [0.3, 0.4) is 0 Å². The lowest BCUT2D eigenvalue weighted by Gasteiger charge is -2.04. The zero-order chi connectivity index (χ0) is 12.9. The van der Waals surface area contributed by atoms with Crippen molar-refractivity contribution in [2.75, 3.05) is 26.4 Å². The fraction of sp³-hybridized carbons (Fsp3) is 0.400. The quantitative estimate of drug-likeness (QED) is 0.238. The number of hydrogen-bond donors (Lipinski definition) is 0. The van der Waals surface area contributed by atoms with Crippen LogP contribution >= 0.6 is 0 Å². The molecular weight excluding hydrogens is 232 g/mol. The van der Waals surface area contributed by atoms with Gasteiger partial charge in [0.1, 0.15) is 13.2 Å². The van der Waals surface area contributed by atoms with Crippen molar-refractivity contribution in [1.29, 1.82) is 0 Å². The molecule has 0 aromatic heterocycles. The van der Waals surface area contributed by atoms with Crippen LogP contribution < -0.4 is 0 Å². The van der Waals surface area contributed by atoms with Crippen molar-refractivity contribution in [1.82, 2.24) is 0 Å². The molecule has 0 spiro atoms. The molecule has 0 fully saturated rings. The monoisotopic (exact) mass is 246 g/mol. The zero-order valence-corrected chi connectivity index (χ0v) is 9.26. The molecule has 0 unspecified atom stereocenters. The van der Waals surface area contributed by atoms with Gasteiger partial charge in [-0.25, -0.2) is 9.59 Å². The Labute approximate surface area is 98.4 Å². The Kier molecular flexibility index (Phi) is 9.73. The lowest BCUT2D eigenvalue weighted by molar-refractivity contribution is -0.279. The van der Waals surface area contributed by atoms with E-state index in [1.165, 1.54) is 0 Å². The predicted octanol–water partition coefficient (Wildman–Crippen LogP) is 0.325. The minimum atomic E-state index is -0.676. The Morgan fingerprint density at radius 2 is 1.24 bits per heavy atom. The molecule has 0 aromatic rings. The number of hydrogen-bond acceptors (Lipinski definition) is 7. The topological polar surface area (TPSA) is 80.3 Å². The summed E-state index contributed by atoms with van der Waals surface area (Å²) in [6, 6.07) is 0. The summed E-state index contributed by atoms with van der Waals surface area (Å²) < 4.78 is 4.98. The fourth-order valence-electron chi connectivity index (χ4n) is 0.555. The van der Waals surface area contributed by atoms with Crippen LogP contribution in [-0.4, -0.2) is 38.4 Å². The summed E-state index contributed by atoms with van der Waals surface area (Å²) in [4.78, 5) is 38.4. The van der Waals surface area contributed by atoms with E-state index in [2.05, 4.69) is 32.7 Å². The van der Waals surface area contributed by atoms with E-state index in [-0.39, 0.29) is 26.4 Å². The first-order valence-electron chi connectivity index (χ1n) is 4.70. The van der Waals surface area contributed by atoms with Gasteiger partial charge in [0.05, 0.1) is 13.2 Å². The molecule has 0 radical (unpaired) electrons. The molecule has 96 valence electrons. The fourth-order valence-corrected chi connectivity index (χ4v) is 0.555. The van der Waals surface area contributed by atoms with Crippen LogP contribution in [0.4, 0.5) is 0 Å². The summed E-state index contributed by atoms with van der Waals surface area (Å²) in [5, 5.41) is 0. The summed E-state index contributed by atoms with van der Waals surface area (Å²) in [5.41, 5.74) is 0. The van der Waals surface area contributed by atoms with Crippen molar-refractivity contribution < 1.29 is 33.9 Å². The second kappa shape index (κ2) is 10.8. The van der Waals surface area contributed by atoms with Gasteiger partial charge >= 0.3 is 11.9 Å². The predicted molar refractivity (Wildman–Crippen MR) is 55.3 cm³/mol. The van der Waals surface area contributed by atoms with Crippen molar-refractivity contribution in [3.8, 4) is 0 Å². The van der Waals surface area contributed by atoms with Gasteiger partial charge in [-0.1, -0.05) is 13.2 Å². The summed E-state index contributed by atoms with van der Waals surface area (Å²) in [6.07, 6.45) is 1.95. The van der Waals surface area contributed by atoms with Crippen LogP contribution in [0.2, 0.25) is 0 Å². The van der Waals surface area contributed by atoms with E-state index < -0.39 is 11.9 Å². The molecule has 0 amide bonds. The third-order valence-corrected chi connectivity index (χ3v) is 1.24. The van der Waals surface area contributed by atoms with E-state index in [4.69, 9.17) is 4.74 Å². The summed E-state index contributed by atoms with van der Waals surface area (Å²) >= 11 is 0. The van der Waals surface area contributed by atoms with E-state index in [1.807, 2.05) is 0 Å². The molecule has 7 nitrogen and oxygen atoms in total. The van der Waals surface area contributed by atoms with Crippen LogP contribution in [0, 0.1) is 0 Å². The normalized spacial score (nSPS) is 9.41. The molecule has 0 heterocycles. The molecule has 0 saturated heterocycles. The molecule has 7 heteroatoms. The average molecular weight is 246 g/mol. The lowest BCUT2D eigenvalue weighted by Crippen LogP contribution is -2.12. The number of ether oxygens (including phenoxy) is 1. The zero-order valence-electron chi connectivity index (χ0n) is 9.26. The van der Waals surface area contributed by atoms with E-state index in [9.17, 15) is 9.59 Å². The third kappa shape index (κ3) is 10.6. The van der Waals surface area contributed by atoms with Crippen molar-refractivity contribution in [3.05, 3.63) is 25.3 Å². The van der Waals surface area contributed by atoms with Crippen LogP contribution in [0.15, 0.2) is 25.3 Å². The maximum absolute atomic E-state index is 10.5. The maximum atomic E-state index is 10.5. The molecule has 0 aliphatic carbocycles. The SMILES string of the molecule is C=CC(=O)OOCCOCCOOC(=O)C=C. The molecule has 0 aliphatic rings. The van der Waals surface area contributed by atoms with Crippen molar-refractivity contribution in [3.63, 3.8) is 0 Å². The Morgan fingerprint density at radius 1 is 0.824 bits per heavy atom. The molecule has 0 saturated carbocycles. The standard InChI is InChI=1S/C10H14O7/c1-3-9(11)16-14-7-5-13-6-8-15-17-10(12)4-2/h3-4H,1-2,5-8H2. The molecule has 0 aliphatic heterocycles. The van der Waals surface area contributed by atoms with Gasteiger partial charge in [-0.3, -0.25) is 9.78 Å². The van der Waals surface area contributed by atoms with Gasteiger partial charge in [0.2, 0.25) is 0 Å². The molecule has 0 aromatic carbocycles. The average Bonchev–Trinajstić information content (AvgIpc) is 2.35. The van der Waals surface area contributed by atoms with Gasteiger partial charge in [-0.15, -0.1) is 0 Å². The molecule has 17 heavy (non-hydrogen) atoms. The molecule has 0 N–H and O–H groups in total. The van der Waals surface area contributed by atoms with Gasteiger partial charge in [-0.05, 0) is 0 Å². The van der Waals surface area contributed by atoms with Crippen LogP contribution in [0.1, 0.15) is 0 Å². The second-order valence-corrected chi connectivity index (χ2v) is 2.47.